The lowest BCUT2D eigenvalue weighted by atomic mass is 10.2. The van der Waals surface area contributed by atoms with Crippen molar-refractivity contribution >= 4 is 34.6 Å². The number of hydrogen-bond donors (Lipinski definition) is 3. The van der Waals surface area contributed by atoms with Crippen LogP contribution in [0.1, 0.15) is 26.2 Å². The molecule has 0 unspecified atom stereocenters. The molecule has 23 heavy (non-hydrogen) atoms. The molecule has 2 rings (SSSR count). The first kappa shape index (κ1) is 17.7. The van der Waals surface area contributed by atoms with Gasteiger partial charge in [0.1, 0.15) is 0 Å². The summed E-state index contributed by atoms with van der Waals surface area (Å²) in [5.41, 5.74) is 2.10. The highest BCUT2D eigenvalue weighted by atomic mass is 32.1. The van der Waals surface area contributed by atoms with Crippen molar-refractivity contribution in [3.8, 4) is 0 Å². The predicted octanol–water partition coefficient (Wildman–Crippen LogP) is 1.02. The number of unbranched alkanes of at least 4 members (excludes halogenated alkanes) is 1. The molecule has 1 aliphatic rings. The van der Waals surface area contributed by atoms with Crippen LogP contribution in [0, 0.1) is 0 Å². The number of carbonyl (C=O) groups excluding carboxylic acids is 1. The van der Waals surface area contributed by atoms with Crippen molar-refractivity contribution in [3.05, 3.63) is 24.3 Å². The van der Waals surface area contributed by atoms with Crippen LogP contribution in [0.5, 0.6) is 0 Å². The number of benzene rings is 1. The lowest BCUT2D eigenvalue weighted by molar-refractivity contribution is -0.880. The van der Waals surface area contributed by atoms with E-state index in [4.69, 9.17) is 12.2 Å². The van der Waals surface area contributed by atoms with Gasteiger partial charge in [-0.05, 0) is 30.8 Å². The number of amides is 1. The summed E-state index contributed by atoms with van der Waals surface area (Å²) >= 11 is 5.28. The zero-order valence-corrected chi connectivity index (χ0v) is 14.8. The number of likely N-dealkylation sites (N-methyl/N-ethyl adjacent to an activating group) is 1. The van der Waals surface area contributed by atoms with Crippen LogP contribution in [0.4, 0.5) is 11.4 Å². The van der Waals surface area contributed by atoms with Gasteiger partial charge in [0.2, 0.25) is 5.91 Å². The van der Waals surface area contributed by atoms with Crippen molar-refractivity contribution in [2.24, 2.45) is 0 Å². The van der Waals surface area contributed by atoms with Crippen LogP contribution in [0.2, 0.25) is 0 Å². The molecule has 5 nitrogen and oxygen atoms in total. The quantitative estimate of drug-likeness (QED) is 0.704. The number of anilines is 2. The summed E-state index contributed by atoms with van der Waals surface area (Å²) < 4.78 is 0. The Hall–Kier alpha value is -1.66. The molecular weight excluding hydrogens is 308 g/mol. The van der Waals surface area contributed by atoms with Gasteiger partial charge in [0.15, 0.2) is 5.11 Å². The van der Waals surface area contributed by atoms with Crippen LogP contribution in [0.15, 0.2) is 24.3 Å². The highest BCUT2D eigenvalue weighted by molar-refractivity contribution is 7.80. The fourth-order valence-corrected chi connectivity index (χ4v) is 2.89. The molecule has 1 aromatic carbocycles. The van der Waals surface area contributed by atoms with Crippen LogP contribution >= 0.6 is 12.2 Å². The maximum Gasteiger partial charge on any atom is 0.226 e. The molecule has 3 N–H and O–H groups in total. The Balaban J connectivity index is 1.97. The molecule has 126 valence electrons. The van der Waals surface area contributed by atoms with Crippen LogP contribution in [0.25, 0.3) is 0 Å². The van der Waals surface area contributed by atoms with E-state index in [2.05, 4.69) is 35.6 Å². The molecule has 1 aliphatic heterocycles. The topological polar surface area (TPSA) is 48.8 Å². The second kappa shape index (κ2) is 8.84. The van der Waals surface area contributed by atoms with E-state index in [0.29, 0.717) is 11.5 Å². The molecule has 0 saturated carbocycles. The van der Waals surface area contributed by atoms with E-state index >= 15 is 0 Å². The van der Waals surface area contributed by atoms with Crippen molar-refractivity contribution in [2.45, 2.75) is 26.2 Å². The SMILES string of the molecule is CCCCC(=O)NC(=S)Nc1ccccc1N1CC[NH+](C)CC1. The second-order valence-electron chi connectivity index (χ2n) is 6.07. The van der Waals surface area contributed by atoms with E-state index in [1.807, 2.05) is 18.2 Å². The summed E-state index contributed by atoms with van der Waals surface area (Å²) in [4.78, 5) is 15.7. The van der Waals surface area contributed by atoms with Gasteiger partial charge in [-0.15, -0.1) is 0 Å². The molecular formula is C17H27N4OS+. The molecule has 1 fully saturated rings. The monoisotopic (exact) mass is 335 g/mol. The van der Waals surface area contributed by atoms with Gasteiger partial charge >= 0.3 is 0 Å². The van der Waals surface area contributed by atoms with Gasteiger partial charge in [-0.1, -0.05) is 25.5 Å². The average Bonchev–Trinajstić information content (AvgIpc) is 2.54. The number of carbonyl (C=O) groups is 1. The third-order valence-electron chi connectivity index (χ3n) is 4.12. The number of piperazine rings is 1. The van der Waals surface area contributed by atoms with Crippen molar-refractivity contribution in [3.63, 3.8) is 0 Å². The zero-order chi connectivity index (χ0) is 16.7. The van der Waals surface area contributed by atoms with Crippen LogP contribution in [-0.4, -0.2) is 44.2 Å². The molecule has 0 aliphatic carbocycles. The fraction of sp³-hybridized carbons (Fsp3) is 0.529. The Bertz CT molecular complexity index is 541. The van der Waals surface area contributed by atoms with Gasteiger partial charge in [0.05, 0.1) is 44.6 Å². The Morgan fingerprint density at radius 1 is 1.30 bits per heavy atom. The fourth-order valence-electron chi connectivity index (χ4n) is 2.66. The number of rotatable bonds is 5. The Morgan fingerprint density at radius 3 is 2.70 bits per heavy atom. The van der Waals surface area contributed by atoms with E-state index < -0.39 is 0 Å². The molecule has 6 heteroatoms. The summed E-state index contributed by atoms with van der Waals surface area (Å²) in [6.45, 7) is 6.39. The summed E-state index contributed by atoms with van der Waals surface area (Å²) in [5, 5.41) is 6.31. The first-order valence-corrected chi connectivity index (χ1v) is 8.77. The number of thiocarbonyl (C=S) groups is 1. The van der Waals surface area contributed by atoms with E-state index in [1.54, 1.807) is 4.90 Å². The summed E-state index contributed by atoms with van der Waals surface area (Å²) in [6.07, 6.45) is 2.40. The van der Waals surface area contributed by atoms with Crippen LogP contribution in [-0.2, 0) is 4.79 Å². The van der Waals surface area contributed by atoms with E-state index in [0.717, 1.165) is 50.4 Å². The number of hydrogen-bond acceptors (Lipinski definition) is 3. The summed E-state index contributed by atoms with van der Waals surface area (Å²) in [7, 11) is 2.22. The third-order valence-corrected chi connectivity index (χ3v) is 4.32. The second-order valence-corrected chi connectivity index (χ2v) is 6.48. The molecule has 0 radical (unpaired) electrons. The Labute approximate surface area is 144 Å². The number of quaternary nitrogens is 1. The number of para-hydroxylation sites is 2. The normalized spacial score (nSPS) is 15.3. The number of nitrogens with zero attached hydrogens (tertiary/aromatic N) is 1. The molecule has 1 heterocycles. The minimum atomic E-state index is -0.0231. The predicted molar refractivity (Wildman–Crippen MR) is 99.2 cm³/mol. The average molecular weight is 335 g/mol. The largest absolute Gasteiger partial charge is 0.359 e. The standard InChI is InChI=1S/C17H26N4OS/c1-3-4-9-16(22)19-17(23)18-14-7-5-6-8-15(14)21-12-10-20(2)11-13-21/h5-8H,3-4,9-13H2,1-2H3,(H2,18,19,22,23)/p+1. The van der Waals surface area contributed by atoms with Crippen molar-refractivity contribution in [1.29, 1.82) is 0 Å². The molecule has 1 aromatic rings. The molecule has 1 saturated heterocycles. The summed E-state index contributed by atoms with van der Waals surface area (Å²) in [5.74, 6) is -0.0231. The van der Waals surface area contributed by atoms with E-state index in [-0.39, 0.29) is 5.91 Å². The lowest BCUT2D eigenvalue weighted by Crippen LogP contribution is -3.12. The molecule has 0 aromatic heterocycles. The maximum absolute atomic E-state index is 11.8. The van der Waals surface area contributed by atoms with Gasteiger partial charge in [0.25, 0.3) is 0 Å². The van der Waals surface area contributed by atoms with E-state index in [1.165, 1.54) is 0 Å². The van der Waals surface area contributed by atoms with Gasteiger partial charge < -0.3 is 20.4 Å². The lowest BCUT2D eigenvalue weighted by Gasteiger charge is -2.33. The smallest absolute Gasteiger partial charge is 0.226 e. The van der Waals surface area contributed by atoms with Crippen molar-refractivity contribution in [2.75, 3.05) is 43.4 Å². The van der Waals surface area contributed by atoms with Crippen molar-refractivity contribution in [1.82, 2.24) is 5.32 Å². The first-order chi connectivity index (χ1) is 11.1. The van der Waals surface area contributed by atoms with Gasteiger partial charge in [0, 0.05) is 6.42 Å². The highest BCUT2D eigenvalue weighted by Crippen LogP contribution is 2.25. The molecule has 0 atom stereocenters. The third kappa shape index (κ3) is 5.48. The maximum atomic E-state index is 11.8. The zero-order valence-electron chi connectivity index (χ0n) is 14.0. The first-order valence-electron chi connectivity index (χ1n) is 8.36. The van der Waals surface area contributed by atoms with Gasteiger partial charge in [-0.3, -0.25) is 4.79 Å². The highest BCUT2D eigenvalue weighted by Gasteiger charge is 2.19. The Morgan fingerprint density at radius 2 is 2.00 bits per heavy atom. The minimum absolute atomic E-state index is 0.0231. The van der Waals surface area contributed by atoms with Crippen LogP contribution < -0.4 is 20.4 Å². The molecule has 1 amide bonds. The van der Waals surface area contributed by atoms with Crippen molar-refractivity contribution < 1.29 is 9.69 Å². The van der Waals surface area contributed by atoms with E-state index in [9.17, 15) is 4.79 Å². The Kier molecular flexibility index (Phi) is 6.80. The minimum Gasteiger partial charge on any atom is -0.359 e. The van der Waals surface area contributed by atoms with Gasteiger partial charge in [-0.2, -0.15) is 0 Å². The van der Waals surface area contributed by atoms with Crippen LogP contribution in [0.3, 0.4) is 0 Å². The molecule has 0 bridgehead atoms. The summed E-state index contributed by atoms with van der Waals surface area (Å²) in [6, 6.07) is 8.12. The number of nitrogens with one attached hydrogen (secondary N) is 3. The molecule has 0 spiro atoms. The van der Waals surface area contributed by atoms with Gasteiger partial charge in [-0.25, -0.2) is 0 Å².